The number of nitrogens with one attached hydrogen (secondary N) is 2. The van der Waals surface area contributed by atoms with E-state index in [2.05, 4.69) is 70.6 Å². The molecule has 0 unspecified atom stereocenters. The van der Waals surface area contributed by atoms with E-state index in [1.165, 1.54) is 5.56 Å². The van der Waals surface area contributed by atoms with Gasteiger partial charge in [0.15, 0.2) is 0 Å². The molecule has 0 aliphatic carbocycles. The molecule has 2 N–H and O–H groups in total. The number of anilines is 3. The molecule has 3 aromatic rings. The van der Waals surface area contributed by atoms with E-state index in [4.69, 9.17) is 0 Å². The first-order valence-electron chi connectivity index (χ1n) is 8.35. The Kier molecular flexibility index (Phi) is 4.93. The molecule has 0 saturated heterocycles. The Bertz CT molecular complexity index is 807. The monoisotopic (exact) mass is 333 g/mol. The minimum absolute atomic E-state index is 0.143. The van der Waals surface area contributed by atoms with Gasteiger partial charge in [0.05, 0.1) is 12.2 Å². The number of rotatable bonds is 5. The molecule has 3 rings (SSSR count). The Morgan fingerprint density at radius 1 is 0.880 bits per heavy atom. The second kappa shape index (κ2) is 7.30. The van der Waals surface area contributed by atoms with Crippen LogP contribution in [0.3, 0.4) is 0 Å². The minimum atomic E-state index is 0.143. The van der Waals surface area contributed by atoms with Gasteiger partial charge in [-0.1, -0.05) is 39.0 Å². The SMILES string of the molecule is CC(C)(C)c1ccc(Nc2nccc(NCc3ccccn3)n2)cc1. The molecule has 128 valence electrons. The van der Waals surface area contributed by atoms with E-state index in [-0.39, 0.29) is 5.41 Å². The van der Waals surface area contributed by atoms with Crippen LogP contribution in [0, 0.1) is 0 Å². The summed E-state index contributed by atoms with van der Waals surface area (Å²) < 4.78 is 0. The summed E-state index contributed by atoms with van der Waals surface area (Å²) in [5.74, 6) is 1.32. The Morgan fingerprint density at radius 2 is 1.68 bits per heavy atom. The maximum atomic E-state index is 4.49. The lowest BCUT2D eigenvalue weighted by Crippen LogP contribution is -2.10. The van der Waals surface area contributed by atoms with Gasteiger partial charge in [0.1, 0.15) is 5.82 Å². The molecule has 0 aliphatic heterocycles. The molecule has 0 atom stereocenters. The van der Waals surface area contributed by atoms with Gasteiger partial charge in [0.2, 0.25) is 5.95 Å². The molecule has 2 aromatic heterocycles. The zero-order valence-corrected chi connectivity index (χ0v) is 14.8. The van der Waals surface area contributed by atoms with E-state index in [1.807, 2.05) is 24.3 Å². The van der Waals surface area contributed by atoms with Gasteiger partial charge >= 0.3 is 0 Å². The predicted molar refractivity (Wildman–Crippen MR) is 102 cm³/mol. The largest absolute Gasteiger partial charge is 0.364 e. The third-order valence-corrected chi connectivity index (χ3v) is 3.84. The van der Waals surface area contributed by atoms with E-state index in [9.17, 15) is 0 Å². The van der Waals surface area contributed by atoms with Crippen LogP contribution in [0.2, 0.25) is 0 Å². The zero-order chi connectivity index (χ0) is 17.7. The molecule has 0 bridgehead atoms. The number of nitrogens with zero attached hydrogens (tertiary/aromatic N) is 3. The third-order valence-electron chi connectivity index (χ3n) is 3.84. The first kappa shape index (κ1) is 16.9. The molecular weight excluding hydrogens is 310 g/mol. The molecule has 5 nitrogen and oxygen atoms in total. The average molecular weight is 333 g/mol. The first-order chi connectivity index (χ1) is 12.0. The van der Waals surface area contributed by atoms with Gasteiger partial charge < -0.3 is 10.6 Å². The first-order valence-corrected chi connectivity index (χ1v) is 8.35. The van der Waals surface area contributed by atoms with Crippen LogP contribution in [-0.4, -0.2) is 15.0 Å². The third kappa shape index (κ3) is 4.76. The highest BCUT2D eigenvalue weighted by atomic mass is 15.1. The normalized spacial score (nSPS) is 11.2. The van der Waals surface area contributed by atoms with Gasteiger partial charge in [0, 0.05) is 18.1 Å². The van der Waals surface area contributed by atoms with Crippen LogP contribution >= 0.6 is 0 Å². The molecule has 0 radical (unpaired) electrons. The van der Waals surface area contributed by atoms with Crippen LogP contribution in [0.15, 0.2) is 60.9 Å². The van der Waals surface area contributed by atoms with Crippen molar-refractivity contribution < 1.29 is 0 Å². The van der Waals surface area contributed by atoms with Gasteiger partial charge in [-0.05, 0) is 41.3 Å². The van der Waals surface area contributed by atoms with E-state index in [1.54, 1.807) is 12.4 Å². The summed E-state index contributed by atoms with van der Waals surface area (Å²) in [6.07, 6.45) is 3.52. The van der Waals surface area contributed by atoms with Crippen molar-refractivity contribution >= 4 is 17.5 Å². The van der Waals surface area contributed by atoms with Crippen LogP contribution in [0.25, 0.3) is 0 Å². The number of hydrogen-bond acceptors (Lipinski definition) is 5. The van der Waals surface area contributed by atoms with Crippen molar-refractivity contribution in [2.45, 2.75) is 32.7 Å². The topological polar surface area (TPSA) is 62.7 Å². The molecule has 2 heterocycles. The summed E-state index contributed by atoms with van der Waals surface area (Å²) in [5.41, 5.74) is 3.37. The van der Waals surface area contributed by atoms with Crippen LogP contribution in [0.5, 0.6) is 0 Å². The molecule has 5 heteroatoms. The van der Waals surface area contributed by atoms with Crippen molar-refractivity contribution in [3.63, 3.8) is 0 Å². The Balaban J connectivity index is 1.65. The standard InChI is InChI=1S/C20H23N5/c1-20(2,3)15-7-9-16(10-8-15)24-19-22-13-11-18(25-19)23-14-17-6-4-5-12-21-17/h4-13H,14H2,1-3H3,(H2,22,23,24,25). The lowest BCUT2D eigenvalue weighted by atomic mass is 9.87. The van der Waals surface area contributed by atoms with E-state index < -0.39 is 0 Å². The second-order valence-corrected chi connectivity index (χ2v) is 6.89. The van der Waals surface area contributed by atoms with Gasteiger partial charge in [-0.2, -0.15) is 4.98 Å². The Labute approximate surface area is 148 Å². The highest BCUT2D eigenvalue weighted by Crippen LogP contribution is 2.24. The highest BCUT2D eigenvalue weighted by Gasteiger charge is 2.12. The van der Waals surface area contributed by atoms with Crippen molar-refractivity contribution in [2.75, 3.05) is 10.6 Å². The molecule has 0 fully saturated rings. The molecular formula is C20H23N5. The molecule has 25 heavy (non-hydrogen) atoms. The quantitative estimate of drug-likeness (QED) is 0.718. The maximum Gasteiger partial charge on any atom is 0.229 e. The summed E-state index contributed by atoms with van der Waals surface area (Å²) in [5, 5.41) is 6.51. The number of hydrogen-bond donors (Lipinski definition) is 2. The van der Waals surface area contributed by atoms with Crippen molar-refractivity contribution in [3.05, 3.63) is 72.2 Å². The maximum absolute atomic E-state index is 4.49. The van der Waals surface area contributed by atoms with Crippen LogP contribution in [0.1, 0.15) is 32.0 Å². The van der Waals surface area contributed by atoms with Crippen molar-refractivity contribution in [3.8, 4) is 0 Å². The highest BCUT2D eigenvalue weighted by molar-refractivity contribution is 5.55. The van der Waals surface area contributed by atoms with Gasteiger partial charge in [-0.15, -0.1) is 0 Å². The Hall–Kier alpha value is -2.95. The van der Waals surface area contributed by atoms with Crippen molar-refractivity contribution in [2.24, 2.45) is 0 Å². The van der Waals surface area contributed by atoms with E-state index >= 15 is 0 Å². The summed E-state index contributed by atoms with van der Waals surface area (Å²) in [6, 6.07) is 16.1. The zero-order valence-electron chi connectivity index (χ0n) is 14.8. The minimum Gasteiger partial charge on any atom is -0.364 e. The second-order valence-electron chi connectivity index (χ2n) is 6.89. The average Bonchev–Trinajstić information content (AvgIpc) is 2.61. The van der Waals surface area contributed by atoms with Crippen molar-refractivity contribution in [1.82, 2.24) is 15.0 Å². The summed E-state index contributed by atoms with van der Waals surface area (Å²) >= 11 is 0. The van der Waals surface area contributed by atoms with Crippen LogP contribution in [-0.2, 0) is 12.0 Å². The molecule has 0 spiro atoms. The van der Waals surface area contributed by atoms with Crippen LogP contribution < -0.4 is 10.6 Å². The Morgan fingerprint density at radius 3 is 2.36 bits per heavy atom. The summed E-state index contributed by atoms with van der Waals surface area (Å²) in [7, 11) is 0. The number of benzene rings is 1. The van der Waals surface area contributed by atoms with Gasteiger partial charge in [-0.3, -0.25) is 4.98 Å². The summed E-state index contributed by atoms with van der Waals surface area (Å²) in [6.45, 7) is 7.23. The molecule has 0 amide bonds. The van der Waals surface area contributed by atoms with Crippen LogP contribution in [0.4, 0.5) is 17.5 Å². The number of aromatic nitrogens is 3. The molecule has 0 aliphatic rings. The predicted octanol–water partition coefficient (Wildman–Crippen LogP) is 4.52. The molecule has 1 aromatic carbocycles. The van der Waals surface area contributed by atoms with E-state index in [0.717, 1.165) is 17.2 Å². The lowest BCUT2D eigenvalue weighted by Gasteiger charge is -2.19. The summed E-state index contributed by atoms with van der Waals surface area (Å²) in [4.78, 5) is 13.1. The smallest absolute Gasteiger partial charge is 0.229 e. The number of pyridine rings is 1. The fourth-order valence-electron chi connectivity index (χ4n) is 2.38. The lowest BCUT2D eigenvalue weighted by molar-refractivity contribution is 0.590. The fraction of sp³-hybridized carbons (Fsp3) is 0.250. The van der Waals surface area contributed by atoms with E-state index in [0.29, 0.717) is 12.5 Å². The van der Waals surface area contributed by atoms with Crippen molar-refractivity contribution in [1.29, 1.82) is 0 Å². The van der Waals surface area contributed by atoms with Gasteiger partial charge in [0.25, 0.3) is 0 Å². The van der Waals surface area contributed by atoms with Gasteiger partial charge in [-0.25, -0.2) is 4.98 Å². The molecule has 0 saturated carbocycles. The fourth-order valence-corrected chi connectivity index (χ4v) is 2.38.